The molecule has 0 amide bonds. The number of nitrogens with zero attached hydrogens (tertiary/aromatic N) is 4. The van der Waals surface area contributed by atoms with Crippen molar-refractivity contribution >= 4 is 34.1 Å². The Kier molecular flexibility index (Phi) is 5.64. The molecule has 0 fully saturated rings. The molecule has 0 bridgehead atoms. The highest BCUT2D eigenvalue weighted by atomic mass is 32.1. The summed E-state index contributed by atoms with van der Waals surface area (Å²) in [5.74, 6) is -0.606. The number of anilines is 1. The minimum absolute atomic E-state index is 0.00894. The van der Waals surface area contributed by atoms with Crippen molar-refractivity contribution in [1.29, 1.82) is 0 Å². The van der Waals surface area contributed by atoms with Gasteiger partial charge < -0.3 is 9.84 Å². The second-order valence-corrected chi connectivity index (χ2v) is 6.42. The van der Waals surface area contributed by atoms with Crippen LogP contribution in [0.25, 0.3) is 11.3 Å². The van der Waals surface area contributed by atoms with Crippen molar-refractivity contribution in [3.05, 3.63) is 67.6 Å². The van der Waals surface area contributed by atoms with E-state index in [1.807, 2.05) is 0 Å². The summed E-state index contributed by atoms with van der Waals surface area (Å²) >= 11 is 1.27. The summed E-state index contributed by atoms with van der Waals surface area (Å²) in [6.07, 6.45) is 1.32. The Bertz CT molecular complexity index is 1100. The smallest absolute Gasteiger partial charge is 0.315 e. The van der Waals surface area contributed by atoms with E-state index in [0.717, 1.165) is 6.07 Å². The van der Waals surface area contributed by atoms with Gasteiger partial charge in [-0.3, -0.25) is 25.7 Å². The summed E-state index contributed by atoms with van der Waals surface area (Å²) in [5, 5.41) is 37.7. The summed E-state index contributed by atoms with van der Waals surface area (Å²) in [6.45, 7) is 0. The lowest BCUT2D eigenvalue weighted by molar-refractivity contribution is -0.386. The van der Waals surface area contributed by atoms with Gasteiger partial charge in [-0.2, -0.15) is 5.10 Å². The van der Waals surface area contributed by atoms with E-state index in [1.165, 1.54) is 42.9 Å². The second kappa shape index (κ2) is 8.31. The molecular formula is C17H13N5O6S. The van der Waals surface area contributed by atoms with Gasteiger partial charge in [-0.15, -0.1) is 11.3 Å². The van der Waals surface area contributed by atoms with E-state index >= 15 is 0 Å². The monoisotopic (exact) mass is 415 g/mol. The third-order valence-corrected chi connectivity index (χ3v) is 4.49. The fourth-order valence-electron chi connectivity index (χ4n) is 2.36. The Balaban J connectivity index is 1.74. The number of hydrogen-bond donors (Lipinski definition) is 2. The van der Waals surface area contributed by atoms with Crippen LogP contribution in [0.2, 0.25) is 0 Å². The number of non-ortho nitro benzene ring substituents is 1. The molecule has 0 aliphatic heterocycles. The predicted octanol–water partition coefficient (Wildman–Crippen LogP) is 3.79. The number of thiazole rings is 1. The Morgan fingerprint density at radius 3 is 2.55 bits per heavy atom. The average molecular weight is 415 g/mol. The molecule has 3 aromatic rings. The molecule has 148 valence electrons. The van der Waals surface area contributed by atoms with Crippen molar-refractivity contribution in [2.75, 3.05) is 12.5 Å². The van der Waals surface area contributed by atoms with Crippen molar-refractivity contribution in [1.82, 2.24) is 4.98 Å². The first-order valence-electron chi connectivity index (χ1n) is 7.94. The number of benzene rings is 2. The van der Waals surface area contributed by atoms with Crippen molar-refractivity contribution in [3.63, 3.8) is 0 Å². The summed E-state index contributed by atoms with van der Waals surface area (Å²) in [7, 11) is 1.28. The van der Waals surface area contributed by atoms with Crippen LogP contribution in [-0.4, -0.2) is 33.3 Å². The van der Waals surface area contributed by atoms with Crippen LogP contribution in [0.15, 0.2) is 46.9 Å². The number of aromatic nitrogens is 1. The third kappa shape index (κ3) is 4.44. The van der Waals surface area contributed by atoms with Crippen molar-refractivity contribution in [2.45, 2.75) is 0 Å². The Labute approximate surface area is 167 Å². The molecule has 0 spiro atoms. The molecule has 3 rings (SSSR count). The van der Waals surface area contributed by atoms with E-state index in [9.17, 15) is 25.3 Å². The normalized spacial score (nSPS) is 10.8. The topological polar surface area (TPSA) is 153 Å². The van der Waals surface area contributed by atoms with Crippen LogP contribution in [0.3, 0.4) is 0 Å². The van der Waals surface area contributed by atoms with Gasteiger partial charge in [-0.1, -0.05) is 0 Å². The summed E-state index contributed by atoms with van der Waals surface area (Å²) in [5.41, 5.74) is 3.87. The number of ether oxygens (including phenoxy) is 1. The lowest BCUT2D eigenvalue weighted by Gasteiger charge is -2.04. The Morgan fingerprint density at radius 2 is 1.93 bits per heavy atom. The van der Waals surface area contributed by atoms with Gasteiger partial charge in [0.25, 0.3) is 5.69 Å². The van der Waals surface area contributed by atoms with Crippen LogP contribution in [0.5, 0.6) is 11.5 Å². The number of phenols is 1. The van der Waals surface area contributed by atoms with Crippen LogP contribution in [0.1, 0.15) is 5.56 Å². The van der Waals surface area contributed by atoms with Crippen LogP contribution in [0.4, 0.5) is 16.5 Å². The van der Waals surface area contributed by atoms with E-state index in [1.54, 1.807) is 17.5 Å². The molecule has 2 aromatic carbocycles. The number of methoxy groups -OCH3 is 1. The molecule has 12 heteroatoms. The molecule has 1 aromatic heterocycles. The quantitative estimate of drug-likeness (QED) is 0.336. The molecule has 0 atom stereocenters. The van der Waals surface area contributed by atoms with Crippen LogP contribution >= 0.6 is 11.3 Å². The van der Waals surface area contributed by atoms with E-state index in [0.29, 0.717) is 22.0 Å². The summed E-state index contributed by atoms with van der Waals surface area (Å²) < 4.78 is 4.93. The molecule has 11 nitrogen and oxygen atoms in total. The molecule has 0 aliphatic rings. The zero-order valence-electron chi connectivity index (χ0n) is 14.8. The lowest BCUT2D eigenvalue weighted by atomic mass is 10.1. The Hall–Kier alpha value is -4.06. The lowest BCUT2D eigenvalue weighted by Crippen LogP contribution is -1.96. The van der Waals surface area contributed by atoms with E-state index in [2.05, 4.69) is 15.5 Å². The third-order valence-electron chi connectivity index (χ3n) is 3.75. The van der Waals surface area contributed by atoms with Gasteiger partial charge in [0.1, 0.15) is 0 Å². The first-order valence-corrected chi connectivity index (χ1v) is 8.82. The van der Waals surface area contributed by atoms with Crippen LogP contribution in [0, 0.1) is 20.2 Å². The number of hydrogen-bond acceptors (Lipinski definition) is 10. The maximum Gasteiger partial charge on any atom is 0.315 e. The number of nitro benzene ring substituents is 2. The highest BCUT2D eigenvalue weighted by Gasteiger charge is 2.19. The zero-order chi connectivity index (χ0) is 21.0. The molecule has 2 N–H and O–H groups in total. The van der Waals surface area contributed by atoms with Crippen LogP contribution in [-0.2, 0) is 0 Å². The molecule has 0 aliphatic carbocycles. The second-order valence-electron chi connectivity index (χ2n) is 5.56. The number of hydrazone groups is 1. The summed E-state index contributed by atoms with van der Waals surface area (Å²) in [4.78, 5) is 24.9. The summed E-state index contributed by atoms with van der Waals surface area (Å²) in [6, 6.07) is 8.55. The maximum absolute atomic E-state index is 11.0. The van der Waals surface area contributed by atoms with Crippen LogP contribution < -0.4 is 10.2 Å². The van der Waals surface area contributed by atoms with Crippen molar-refractivity contribution in [2.24, 2.45) is 5.10 Å². The standard InChI is InChI=1S/C17H13N5O6S/c1-28-15-7-10(6-14(16(15)23)22(26)27)8-18-20-17-19-13(9-29-17)11-2-4-12(5-3-11)21(24)25/h2-9,23H,1H3,(H,19,20)/b18-8-. The molecule has 29 heavy (non-hydrogen) atoms. The fourth-order valence-corrected chi connectivity index (χ4v) is 3.03. The van der Waals surface area contributed by atoms with Gasteiger partial charge in [0.2, 0.25) is 10.9 Å². The molecule has 0 radical (unpaired) electrons. The fraction of sp³-hybridized carbons (Fsp3) is 0.0588. The van der Waals surface area contributed by atoms with E-state index < -0.39 is 21.3 Å². The largest absolute Gasteiger partial charge is 0.500 e. The first-order chi connectivity index (χ1) is 13.9. The first kappa shape index (κ1) is 19.7. The van der Waals surface area contributed by atoms with Crippen molar-refractivity contribution < 1.29 is 19.7 Å². The van der Waals surface area contributed by atoms with E-state index in [-0.39, 0.29) is 11.4 Å². The van der Waals surface area contributed by atoms with Gasteiger partial charge in [0.15, 0.2) is 5.75 Å². The maximum atomic E-state index is 11.0. The Morgan fingerprint density at radius 1 is 1.21 bits per heavy atom. The molecular weight excluding hydrogens is 402 g/mol. The minimum Gasteiger partial charge on any atom is -0.500 e. The molecule has 0 saturated heterocycles. The minimum atomic E-state index is -0.722. The number of nitrogens with one attached hydrogen (secondary N) is 1. The van der Waals surface area contributed by atoms with Gasteiger partial charge >= 0.3 is 5.69 Å². The highest BCUT2D eigenvalue weighted by molar-refractivity contribution is 7.14. The average Bonchev–Trinajstić information content (AvgIpc) is 3.17. The SMILES string of the molecule is COc1cc(/C=N\Nc2nc(-c3ccc([N+](=O)[O-])cc3)cs2)cc([N+](=O)[O-])c1O. The van der Waals surface area contributed by atoms with Gasteiger partial charge in [0, 0.05) is 34.7 Å². The van der Waals surface area contributed by atoms with Crippen molar-refractivity contribution in [3.8, 4) is 22.8 Å². The van der Waals surface area contributed by atoms with Gasteiger partial charge in [-0.25, -0.2) is 4.98 Å². The van der Waals surface area contributed by atoms with Gasteiger partial charge in [-0.05, 0) is 18.2 Å². The number of rotatable bonds is 7. The molecule has 1 heterocycles. The highest BCUT2D eigenvalue weighted by Crippen LogP contribution is 2.36. The predicted molar refractivity (Wildman–Crippen MR) is 107 cm³/mol. The van der Waals surface area contributed by atoms with Gasteiger partial charge in [0.05, 0.1) is 28.9 Å². The number of phenolic OH excluding ortho intramolecular Hbond substituents is 1. The van der Waals surface area contributed by atoms with E-state index in [4.69, 9.17) is 4.74 Å². The molecule has 0 unspecified atom stereocenters. The number of aromatic hydroxyl groups is 1. The molecule has 0 saturated carbocycles. The zero-order valence-corrected chi connectivity index (χ0v) is 15.6. The number of nitro groups is 2.